The molecule has 0 atom stereocenters. The van der Waals surface area contributed by atoms with Gasteiger partial charge in [0.2, 0.25) is 0 Å². The van der Waals surface area contributed by atoms with Gasteiger partial charge in [0.1, 0.15) is 11.5 Å². The number of aryl methyl sites for hydroxylation is 4. The Morgan fingerprint density at radius 2 is 1.85 bits per heavy atom. The molecule has 3 nitrogen and oxygen atoms in total. The van der Waals surface area contributed by atoms with E-state index in [1.165, 1.54) is 10.9 Å². The molecule has 0 spiro atoms. The lowest BCUT2D eigenvalue weighted by Crippen LogP contribution is -1.95. The topological polar surface area (TPSA) is 30.7 Å². The lowest BCUT2D eigenvalue weighted by molar-refractivity contribution is 0.925. The van der Waals surface area contributed by atoms with Crippen LogP contribution in [0.2, 0.25) is 0 Å². The number of fused-ring (bicyclic) bond motifs is 1. The third kappa shape index (κ3) is 1.11. The fraction of sp³-hybridized carbons (Fsp3) is 0.400. The second-order valence-corrected chi connectivity index (χ2v) is 3.48. The van der Waals surface area contributed by atoms with Gasteiger partial charge in [0, 0.05) is 18.6 Å². The van der Waals surface area contributed by atoms with Gasteiger partial charge in [-0.25, -0.2) is 9.97 Å². The second kappa shape index (κ2) is 2.55. The lowest BCUT2D eigenvalue weighted by Gasteiger charge is -1.99. The summed E-state index contributed by atoms with van der Waals surface area (Å²) < 4.78 is 2.05. The first kappa shape index (κ1) is 8.23. The molecule has 0 saturated heterocycles. The molecular weight excluding hydrogens is 162 g/mol. The van der Waals surface area contributed by atoms with Crippen LogP contribution in [0.15, 0.2) is 6.20 Å². The summed E-state index contributed by atoms with van der Waals surface area (Å²) in [5.74, 6) is 0.839. The molecule has 2 aromatic rings. The summed E-state index contributed by atoms with van der Waals surface area (Å²) in [6, 6.07) is 0. The standard InChI is InChI=1S/C10H13N3/c1-6-5-13(4)10-9(6)7(2)11-8(3)12-10/h5H,1-4H3. The van der Waals surface area contributed by atoms with Gasteiger partial charge in [-0.05, 0) is 26.3 Å². The van der Waals surface area contributed by atoms with Crippen molar-refractivity contribution in [2.24, 2.45) is 7.05 Å². The average molecular weight is 175 g/mol. The zero-order valence-corrected chi connectivity index (χ0v) is 8.42. The third-order valence-electron chi connectivity index (χ3n) is 2.30. The Morgan fingerprint density at radius 1 is 1.15 bits per heavy atom. The molecule has 0 radical (unpaired) electrons. The Kier molecular flexibility index (Phi) is 1.62. The van der Waals surface area contributed by atoms with E-state index in [4.69, 9.17) is 0 Å². The van der Waals surface area contributed by atoms with E-state index in [1.54, 1.807) is 0 Å². The number of aromatic nitrogens is 3. The van der Waals surface area contributed by atoms with Crippen LogP contribution in [-0.2, 0) is 7.05 Å². The summed E-state index contributed by atoms with van der Waals surface area (Å²) in [5.41, 5.74) is 3.35. The number of hydrogen-bond acceptors (Lipinski definition) is 2. The van der Waals surface area contributed by atoms with Crippen LogP contribution >= 0.6 is 0 Å². The maximum absolute atomic E-state index is 4.41. The Hall–Kier alpha value is -1.38. The van der Waals surface area contributed by atoms with E-state index in [-0.39, 0.29) is 0 Å². The van der Waals surface area contributed by atoms with Crippen molar-refractivity contribution in [2.75, 3.05) is 0 Å². The molecule has 68 valence electrons. The van der Waals surface area contributed by atoms with E-state index < -0.39 is 0 Å². The average Bonchev–Trinajstić information content (AvgIpc) is 2.27. The van der Waals surface area contributed by atoms with Crippen LogP contribution in [0, 0.1) is 20.8 Å². The van der Waals surface area contributed by atoms with Crippen LogP contribution in [0.4, 0.5) is 0 Å². The van der Waals surface area contributed by atoms with Crippen LogP contribution in [0.1, 0.15) is 17.1 Å². The fourth-order valence-corrected chi connectivity index (χ4v) is 1.83. The molecule has 2 rings (SSSR count). The predicted molar refractivity (Wildman–Crippen MR) is 52.7 cm³/mol. The molecule has 0 saturated carbocycles. The Bertz CT molecular complexity index is 468. The smallest absolute Gasteiger partial charge is 0.143 e. The van der Waals surface area contributed by atoms with E-state index in [0.29, 0.717) is 0 Å². The van der Waals surface area contributed by atoms with E-state index in [9.17, 15) is 0 Å². The van der Waals surface area contributed by atoms with Crippen LogP contribution in [-0.4, -0.2) is 14.5 Å². The molecule has 0 fully saturated rings. The molecule has 0 aliphatic heterocycles. The minimum atomic E-state index is 0.839. The van der Waals surface area contributed by atoms with Crippen molar-refractivity contribution in [3.8, 4) is 0 Å². The SMILES string of the molecule is Cc1nc(C)c2c(C)cn(C)c2n1. The first-order valence-corrected chi connectivity index (χ1v) is 4.36. The van der Waals surface area contributed by atoms with Crippen molar-refractivity contribution in [3.63, 3.8) is 0 Å². The highest BCUT2D eigenvalue weighted by atomic mass is 15.0. The minimum absolute atomic E-state index is 0.839. The first-order valence-electron chi connectivity index (χ1n) is 4.36. The molecule has 0 amide bonds. The summed E-state index contributed by atoms with van der Waals surface area (Å²) in [5, 5.41) is 1.19. The van der Waals surface area contributed by atoms with Gasteiger partial charge < -0.3 is 4.57 Å². The maximum atomic E-state index is 4.41. The minimum Gasteiger partial charge on any atom is -0.335 e. The van der Waals surface area contributed by atoms with Crippen molar-refractivity contribution < 1.29 is 0 Å². The molecule has 0 bridgehead atoms. The summed E-state index contributed by atoms with van der Waals surface area (Å²) in [6.45, 7) is 6.05. The van der Waals surface area contributed by atoms with Gasteiger partial charge in [-0.1, -0.05) is 0 Å². The second-order valence-electron chi connectivity index (χ2n) is 3.48. The Labute approximate surface area is 77.4 Å². The molecule has 13 heavy (non-hydrogen) atoms. The van der Waals surface area contributed by atoms with Gasteiger partial charge >= 0.3 is 0 Å². The molecule has 0 aromatic carbocycles. The molecule has 2 aromatic heterocycles. The van der Waals surface area contributed by atoms with Crippen LogP contribution in [0.25, 0.3) is 11.0 Å². The van der Waals surface area contributed by atoms with Crippen molar-refractivity contribution in [3.05, 3.63) is 23.3 Å². The molecule has 0 unspecified atom stereocenters. The van der Waals surface area contributed by atoms with E-state index >= 15 is 0 Å². The molecule has 0 aliphatic rings. The third-order valence-corrected chi connectivity index (χ3v) is 2.30. The van der Waals surface area contributed by atoms with Gasteiger partial charge in [-0.3, -0.25) is 0 Å². The molecule has 0 aliphatic carbocycles. The highest BCUT2D eigenvalue weighted by Gasteiger charge is 2.08. The maximum Gasteiger partial charge on any atom is 0.143 e. The number of nitrogens with zero attached hydrogens (tertiary/aromatic N) is 3. The summed E-state index contributed by atoms with van der Waals surface area (Å²) in [7, 11) is 2.02. The van der Waals surface area contributed by atoms with Crippen molar-refractivity contribution in [1.82, 2.24) is 14.5 Å². The largest absolute Gasteiger partial charge is 0.335 e. The zero-order chi connectivity index (χ0) is 9.59. The van der Waals surface area contributed by atoms with E-state index in [2.05, 4.69) is 23.1 Å². The van der Waals surface area contributed by atoms with Gasteiger partial charge in [-0.15, -0.1) is 0 Å². The monoisotopic (exact) mass is 175 g/mol. The quantitative estimate of drug-likeness (QED) is 0.612. The molecular formula is C10H13N3. The van der Waals surface area contributed by atoms with Crippen LogP contribution < -0.4 is 0 Å². The van der Waals surface area contributed by atoms with E-state index in [0.717, 1.165) is 17.2 Å². The normalized spacial score (nSPS) is 11.1. The van der Waals surface area contributed by atoms with Crippen molar-refractivity contribution in [2.45, 2.75) is 20.8 Å². The lowest BCUT2D eigenvalue weighted by atomic mass is 10.2. The van der Waals surface area contributed by atoms with Crippen molar-refractivity contribution >= 4 is 11.0 Å². The zero-order valence-electron chi connectivity index (χ0n) is 8.42. The number of hydrogen-bond donors (Lipinski definition) is 0. The predicted octanol–water partition coefficient (Wildman–Crippen LogP) is 1.89. The van der Waals surface area contributed by atoms with Crippen molar-refractivity contribution in [1.29, 1.82) is 0 Å². The van der Waals surface area contributed by atoms with Gasteiger partial charge in [0.25, 0.3) is 0 Å². The Balaban J connectivity index is 2.97. The first-order chi connectivity index (χ1) is 6.09. The summed E-state index contributed by atoms with van der Waals surface area (Å²) in [6.07, 6.45) is 2.09. The highest BCUT2D eigenvalue weighted by molar-refractivity contribution is 5.82. The van der Waals surface area contributed by atoms with Crippen LogP contribution in [0.3, 0.4) is 0 Å². The van der Waals surface area contributed by atoms with Gasteiger partial charge in [0.05, 0.1) is 5.69 Å². The molecule has 2 heterocycles. The summed E-state index contributed by atoms with van der Waals surface area (Å²) in [4.78, 5) is 8.76. The number of rotatable bonds is 0. The van der Waals surface area contributed by atoms with Gasteiger partial charge in [0.15, 0.2) is 0 Å². The van der Waals surface area contributed by atoms with E-state index in [1.807, 2.05) is 25.5 Å². The molecule has 3 heteroatoms. The molecule has 0 N–H and O–H groups in total. The Morgan fingerprint density at radius 3 is 2.54 bits per heavy atom. The van der Waals surface area contributed by atoms with Gasteiger partial charge in [-0.2, -0.15) is 0 Å². The highest BCUT2D eigenvalue weighted by Crippen LogP contribution is 2.20. The van der Waals surface area contributed by atoms with Crippen LogP contribution in [0.5, 0.6) is 0 Å². The summed E-state index contributed by atoms with van der Waals surface area (Å²) >= 11 is 0. The fourth-order valence-electron chi connectivity index (χ4n) is 1.83.